The topological polar surface area (TPSA) is 44.0 Å². The molecular formula is C19H13NO. The zero-order valence-corrected chi connectivity index (χ0v) is 11.3. The minimum atomic E-state index is -0.600. The lowest BCUT2D eigenvalue weighted by Gasteiger charge is -2.21. The molecule has 2 nitrogen and oxygen atoms in total. The van der Waals surface area contributed by atoms with Crippen LogP contribution in [0, 0.1) is 29.1 Å². The SMILES string of the molecule is N#Cc1ccc(C#C[C@@H]2C=Cc3ccccc3[C@@H]2O)cc1. The molecular weight excluding hydrogens is 258 g/mol. The van der Waals surface area contributed by atoms with Crippen molar-refractivity contribution in [2.45, 2.75) is 6.10 Å². The van der Waals surface area contributed by atoms with Gasteiger partial charge in [-0.1, -0.05) is 48.3 Å². The first-order chi connectivity index (χ1) is 10.3. The fourth-order valence-corrected chi connectivity index (χ4v) is 2.36. The van der Waals surface area contributed by atoms with Gasteiger partial charge in [0.2, 0.25) is 0 Å². The summed E-state index contributed by atoms with van der Waals surface area (Å²) in [6.45, 7) is 0. The number of nitriles is 1. The van der Waals surface area contributed by atoms with Gasteiger partial charge in [0.25, 0.3) is 0 Å². The molecule has 1 N–H and O–H groups in total. The third kappa shape index (κ3) is 2.72. The molecule has 0 heterocycles. The Hall–Kier alpha value is -2.81. The van der Waals surface area contributed by atoms with Crippen molar-refractivity contribution in [1.29, 1.82) is 5.26 Å². The highest BCUT2D eigenvalue weighted by atomic mass is 16.3. The molecule has 3 rings (SSSR count). The molecule has 2 aromatic rings. The number of rotatable bonds is 0. The quantitative estimate of drug-likeness (QED) is 0.747. The van der Waals surface area contributed by atoms with E-state index in [2.05, 4.69) is 17.9 Å². The van der Waals surface area contributed by atoms with Gasteiger partial charge >= 0.3 is 0 Å². The molecule has 0 aromatic heterocycles. The molecule has 0 aliphatic heterocycles. The summed E-state index contributed by atoms with van der Waals surface area (Å²) in [5, 5.41) is 19.1. The second-order valence-electron chi connectivity index (χ2n) is 4.92. The lowest BCUT2D eigenvalue weighted by Crippen LogP contribution is -2.13. The van der Waals surface area contributed by atoms with Crippen LogP contribution < -0.4 is 0 Å². The maximum atomic E-state index is 10.4. The zero-order valence-electron chi connectivity index (χ0n) is 11.3. The second-order valence-corrected chi connectivity index (χ2v) is 4.92. The number of hydrogen-bond acceptors (Lipinski definition) is 2. The lowest BCUT2D eigenvalue weighted by atomic mass is 9.87. The van der Waals surface area contributed by atoms with E-state index < -0.39 is 6.10 Å². The Morgan fingerprint density at radius 3 is 2.43 bits per heavy atom. The molecule has 0 bridgehead atoms. The summed E-state index contributed by atoms with van der Waals surface area (Å²) in [5.41, 5.74) is 3.42. The van der Waals surface area contributed by atoms with E-state index in [0.29, 0.717) is 5.56 Å². The molecule has 1 aliphatic rings. The van der Waals surface area contributed by atoms with Crippen LogP contribution in [0.1, 0.15) is 28.4 Å². The van der Waals surface area contributed by atoms with Crippen LogP contribution >= 0.6 is 0 Å². The molecule has 1 aliphatic carbocycles. The van der Waals surface area contributed by atoms with Gasteiger partial charge < -0.3 is 5.11 Å². The van der Waals surface area contributed by atoms with Crippen molar-refractivity contribution in [2.75, 3.05) is 0 Å². The van der Waals surface area contributed by atoms with E-state index in [0.717, 1.165) is 16.7 Å². The third-order valence-electron chi connectivity index (χ3n) is 3.54. The van der Waals surface area contributed by atoms with Crippen LogP contribution in [0.2, 0.25) is 0 Å². The molecule has 0 amide bonds. The second kappa shape index (κ2) is 5.67. The number of hydrogen-bond donors (Lipinski definition) is 1. The first-order valence-electron chi connectivity index (χ1n) is 6.75. The summed E-state index contributed by atoms with van der Waals surface area (Å²) in [4.78, 5) is 0. The van der Waals surface area contributed by atoms with Gasteiger partial charge in [-0.15, -0.1) is 0 Å². The summed E-state index contributed by atoms with van der Waals surface area (Å²) in [6, 6.07) is 17.0. The monoisotopic (exact) mass is 271 g/mol. The largest absolute Gasteiger partial charge is 0.387 e. The van der Waals surface area contributed by atoms with Crippen molar-refractivity contribution in [3.05, 3.63) is 76.9 Å². The van der Waals surface area contributed by atoms with Gasteiger partial charge in [-0.3, -0.25) is 0 Å². The predicted molar refractivity (Wildman–Crippen MR) is 82.0 cm³/mol. The fraction of sp³-hybridized carbons (Fsp3) is 0.105. The number of nitrogens with zero attached hydrogens (tertiary/aromatic N) is 1. The van der Waals surface area contributed by atoms with E-state index in [1.54, 1.807) is 12.1 Å². The maximum absolute atomic E-state index is 10.4. The Morgan fingerprint density at radius 2 is 1.67 bits per heavy atom. The van der Waals surface area contributed by atoms with Gasteiger partial charge in [-0.25, -0.2) is 0 Å². The number of aliphatic hydroxyl groups excluding tert-OH is 1. The Kier molecular flexibility index (Phi) is 3.56. The third-order valence-corrected chi connectivity index (χ3v) is 3.54. The number of benzene rings is 2. The Bertz CT molecular complexity index is 785. The lowest BCUT2D eigenvalue weighted by molar-refractivity contribution is 0.153. The molecule has 100 valence electrons. The minimum Gasteiger partial charge on any atom is -0.387 e. The summed E-state index contributed by atoms with van der Waals surface area (Å²) in [7, 11) is 0. The first kappa shape index (κ1) is 13.2. The molecule has 21 heavy (non-hydrogen) atoms. The summed E-state index contributed by atoms with van der Waals surface area (Å²) >= 11 is 0. The smallest absolute Gasteiger partial charge is 0.0991 e. The van der Waals surface area contributed by atoms with E-state index >= 15 is 0 Å². The molecule has 0 spiro atoms. The summed E-state index contributed by atoms with van der Waals surface area (Å²) in [5.74, 6) is 5.94. The summed E-state index contributed by atoms with van der Waals surface area (Å²) in [6.07, 6.45) is 3.33. The predicted octanol–water partition coefficient (Wildman–Crippen LogP) is 3.29. The van der Waals surface area contributed by atoms with Crippen molar-refractivity contribution in [3.63, 3.8) is 0 Å². The molecule has 2 atom stereocenters. The van der Waals surface area contributed by atoms with Crippen LogP contribution in [-0.4, -0.2) is 5.11 Å². The van der Waals surface area contributed by atoms with Crippen molar-refractivity contribution in [3.8, 4) is 17.9 Å². The highest BCUT2D eigenvalue weighted by Gasteiger charge is 2.21. The van der Waals surface area contributed by atoms with Gasteiger partial charge in [0.15, 0.2) is 0 Å². The maximum Gasteiger partial charge on any atom is 0.0991 e. The molecule has 0 radical (unpaired) electrons. The van der Waals surface area contributed by atoms with Crippen LogP contribution in [-0.2, 0) is 0 Å². The fourth-order valence-electron chi connectivity index (χ4n) is 2.36. The van der Waals surface area contributed by atoms with E-state index in [1.165, 1.54) is 0 Å². The van der Waals surface area contributed by atoms with Crippen molar-refractivity contribution < 1.29 is 5.11 Å². The van der Waals surface area contributed by atoms with Gasteiger partial charge in [0.05, 0.1) is 23.7 Å². The normalized spacial score (nSPS) is 19.0. The van der Waals surface area contributed by atoms with Crippen LogP contribution in [0.25, 0.3) is 6.08 Å². The number of fused-ring (bicyclic) bond motifs is 1. The van der Waals surface area contributed by atoms with Gasteiger partial charge in [0.1, 0.15) is 0 Å². The zero-order chi connectivity index (χ0) is 14.7. The Balaban J connectivity index is 1.84. The first-order valence-corrected chi connectivity index (χ1v) is 6.75. The molecule has 2 aromatic carbocycles. The van der Waals surface area contributed by atoms with Crippen LogP contribution in [0.3, 0.4) is 0 Å². The average Bonchev–Trinajstić information content (AvgIpc) is 2.55. The van der Waals surface area contributed by atoms with Crippen molar-refractivity contribution in [2.24, 2.45) is 5.92 Å². The van der Waals surface area contributed by atoms with E-state index in [1.807, 2.05) is 48.6 Å². The van der Waals surface area contributed by atoms with E-state index in [4.69, 9.17) is 5.26 Å². The van der Waals surface area contributed by atoms with Gasteiger partial charge in [-0.05, 0) is 35.4 Å². The molecule has 0 fully saturated rings. The van der Waals surface area contributed by atoms with Crippen molar-refractivity contribution in [1.82, 2.24) is 0 Å². The van der Waals surface area contributed by atoms with Gasteiger partial charge in [-0.2, -0.15) is 5.26 Å². The number of aliphatic hydroxyl groups is 1. The van der Waals surface area contributed by atoms with E-state index in [-0.39, 0.29) is 5.92 Å². The van der Waals surface area contributed by atoms with Crippen LogP contribution in [0.15, 0.2) is 54.6 Å². The molecule has 0 saturated heterocycles. The molecule has 0 unspecified atom stereocenters. The average molecular weight is 271 g/mol. The van der Waals surface area contributed by atoms with E-state index in [9.17, 15) is 5.11 Å². The van der Waals surface area contributed by atoms with Crippen LogP contribution in [0.4, 0.5) is 0 Å². The summed E-state index contributed by atoms with van der Waals surface area (Å²) < 4.78 is 0. The molecule has 0 saturated carbocycles. The standard InChI is InChI=1S/C19H13NO/c20-13-15-7-5-14(6-8-15)9-10-17-12-11-16-3-1-2-4-18(16)19(17)21/h1-8,11-12,17,19,21H/t17-,19-/m1/s1. The Labute approximate surface area is 124 Å². The Morgan fingerprint density at radius 1 is 0.952 bits per heavy atom. The van der Waals surface area contributed by atoms with Crippen molar-refractivity contribution >= 4 is 6.08 Å². The van der Waals surface area contributed by atoms with Gasteiger partial charge in [0, 0.05) is 5.56 Å². The van der Waals surface area contributed by atoms with Crippen LogP contribution in [0.5, 0.6) is 0 Å². The molecule has 2 heteroatoms. The highest BCUT2D eigenvalue weighted by molar-refractivity contribution is 5.59. The minimum absolute atomic E-state index is 0.212. The highest BCUT2D eigenvalue weighted by Crippen LogP contribution is 2.31.